The summed E-state index contributed by atoms with van der Waals surface area (Å²) < 4.78 is 5.21. The minimum Gasteiger partial charge on any atom is -0.497 e. The van der Waals surface area contributed by atoms with E-state index >= 15 is 0 Å². The molecular weight excluding hydrogens is 286 g/mol. The number of aliphatic carboxylic acids is 1. The molecule has 118 valence electrons. The van der Waals surface area contributed by atoms with Gasteiger partial charge in [-0.05, 0) is 44.5 Å². The Kier molecular flexibility index (Phi) is 7.05. The van der Waals surface area contributed by atoms with Crippen LogP contribution >= 0.6 is 11.8 Å². The summed E-state index contributed by atoms with van der Waals surface area (Å²) >= 11 is 1.67. The number of nitrogens with one attached hydrogen (secondary N) is 1. The molecule has 1 aromatic rings. The smallest absolute Gasteiger partial charge is 0.323 e. The number of carboxylic acids is 1. The minimum absolute atomic E-state index is 0.183. The van der Waals surface area contributed by atoms with Crippen LogP contribution in [-0.2, 0) is 4.79 Å². The molecule has 2 N–H and O–H groups in total. The number of rotatable bonds is 9. The second-order valence-electron chi connectivity index (χ2n) is 5.38. The molecule has 0 aliphatic carbocycles. The van der Waals surface area contributed by atoms with Gasteiger partial charge in [-0.3, -0.25) is 4.79 Å². The number of carbonyl (C=O) groups is 1. The maximum Gasteiger partial charge on any atom is 0.323 e. The summed E-state index contributed by atoms with van der Waals surface area (Å²) in [6.45, 7) is 6.55. The third-order valence-corrected chi connectivity index (χ3v) is 4.41. The van der Waals surface area contributed by atoms with Gasteiger partial charge in [0.2, 0.25) is 0 Å². The molecule has 0 heterocycles. The molecule has 0 aliphatic heterocycles. The highest BCUT2D eigenvalue weighted by Gasteiger charge is 2.34. The van der Waals surface area contributed by atoms with Gasteiger partial charge in [-0.15, -0.1) is 11.8 Å². The van der Waals surface area contributed by atoms with Gasteiger partial charge in [-0.1, -0.05) is 19.9 Å². The highest BCUT2D eigenvalue weighted by Crippen LogP contribution is 2.30. The molecule has 0 aliphatic rings. The lowest BCUT2D eigenvalue weighted by Crippen LogP contribution is -2.51. The minimum atomic E-state index is -0.888. The average Bonchev–Trinajstić information content (AvgIpc) is 2.45. The highest BCUT2D eigenvalue weighted by molar-refractivity contribution is 8.00. The number of methoxy groups -OCH3 is 1. The van der Waals surface area contributed by atoms with Crippen molar-refractivity contribution in [1.29, 1.82) is 0 Å². The highest BCUT2D eigenvalue weighted by atomic mass is 32.2. The summed E-state index contributed by atoms with van der Waals surface area (Å²) in [5, 5.41) is 12.8. The predicted molar refractivity (Wildman–Crippen MR) is 87.3 cm³/mol. The molecule has 5 heteroatoms. The fourth-order valence-corrected chi connectivity index (χ4v) is 3.38. The Morgan fingerprint density at radius 2 is 2.24 bits per heavy atom. The first-order valence-electron chi connectivity index (χ1n) is 7.20. The second kappa shape index (κ2) is 8.29. The van der Waals surface area contributed by atoms with E-state index in [1.165, 1.54) is 0 Å². The summed E-state index contributed by atoms with van der Waals surface area (Å²) in [5.74, 6) is 0.0198. The van der Waals surface area contributed by atoms with Crippen LogP contribution in [0.3, 0.4) is 0 Å². The van der Waals surface area contributed by atoms with Gasteiger partial charge in [-0.25, -0.2) is 0 Å². The van der Waals surface area contributed by atoms with E-state index < -0.39 is 11.5 Å². The molecule has 1 rings (SSSR count). The quantitative estimate of drug-likeness (QED) is 0.684. The first kappa shape index (κ1) is 17.9. The maximum absolute atomic E-state index is 11.5. The van der Waals surface area contributed by atoms with Gasteiger partial charge in [0.25, 0.3) is 0 Å². The fourth-order valence-electron chi connectivity index (χ4n) is 2.16. The summed E-state index contributed by atoms with van der Waals surface area (Å²) in [7, 11) is 1.64. The fraction of sp³-hybridized carbons (Fsp3) is 0.562. The van der Waals surface area contributed by atoms with Gasteiger partial charge >= 0.3 is 5.97 Å². The second-order valence-corrected chi connectivity index (χ2v) is 6.89. The van der Waals surface area contributed by atoms with Crippen molar-refractivity contribution in [2.24, 2.45) is 0 Å². The third kappa shape index (κ3) is 5.59. The average molecular weight is 311 g/mol. The molecule has 0 radical (unpaired) electrons. The Hall–Kier alpha value is -1.20. The largest absolute Gasteiger partial charge is 0.497 e. The van der Waals surface area contributed by atoms with Gasteiger partial charge in [0.15, 0.2) is 0 Å². The van der Waals surface area contributed by atoms with Gasteiger partial charge < -0.3 is 15.2 Å². The van der Waals surface area contributed by atoms with E-state index in [4.69, 9.17) is 4.74 Å². The lowest BCUT2D eigenvalue weighted by Gasteiger charge is -2.29. The molecule has 2 unspecified atom stereocenters. The van der Waals surface area contributed by atoms with Gasteiger partial charge in [0, 0.05) is 10.1 Å². The van der Waals surface area contributed by atoms with Crippen LogP contribution in [0.5, 0.6) is 5.75 Å². The van der Waals surface area contributed by atoms with Crippen LogP contribution in [0.2, 0.25) is 0 Å². The standard InChI is InChI=1S/C16H25NO3S/c1-5-9-17-16(3,15(18)19)11-12(2)21-14-8-6-7-13(10-14)20-4/h6-8,10,12,17H,5,9,11H2,1-4H3,(H,18,19). The summed E-state index contributed by atoms with van der Waals surface area (Å²) in [6, 6.07) is 7.83. The number of thioether (sulfide) groups is 1. The summed E-state index contributed by atoms with van der Waals surface area (Å²) in [5.41, 5.74) is -0.888. The number of carboxylic acid groups (broad SMARTS) is 1. The van der Waals surface area contributed by atoms with Crippen LogP contribution in [0, 0.1) is 0 Å². The molecule has 0 aromatic heterocycles. The van der Waals surface area contributed by atoms with E-state index in [2.05, 4.69) is 12.2 Å². The van der Waals surface area contributed by atoms with Gasteiger partial charge in [-0.2, -0.15) is 0 Å². The van der Waals surface area contributed by atoms with Crippen molar-refractivity contribution < 1.29 is 14.6 Å². The monoisotopic (exact) mass is 311 g/mol. The van der Waals surface area contributed by atoms with Crippen molar-refractivity contribution in [3.8, 4) is 5.75 Å². The van der Waals surface area contributed by atoms with E-state index in [-0.39, 0.29) is 5.25 Å². The van der Waals surface area contributed by atoms with E-state index in [0.717, 1.165) is 17.1 Å². The van der Waals surface area contributed by atoms with Crippen molar-refractivity contribution in [1.82, 2.24) is 5.32 Å². The van der Waals surface area contributed by atoms with Crippen LogP contribution < -0.4 is 10.1 Å². The first-order valence-corrected chi connectivity index (χ1v) is 8.08. The zero-order valence-corrected chi connectivity index (χ0v) is 14.0. The molecule has 0 spiro atoms. The number of ether oxygens (including phenoxy) is 1. The Labute approximate surface area is 131 Å². The van der Waals surface area contributed by atoms with Crippen LogP contribution in [0.15, 0.2) is 29.2 Å². The molecule has 0 saturated carbocycles. The summed E-state index contributed by atoms with van der Waals surface area (Å²) in [6.07, 6.45) is 1.48. The van der Waals surface area contributed by atoms with Crippen molar-refractivity contribution in [3.63, 3.8) is 0 Å². The molecule has 21 heavy (non-hydrogen) atoms. The Bertz CT molecular complexity index is 467. The van der Waals surface area contributed by atoms with Crippen LogP contribution in [0.4, 0.5) is 0 Å². The van der Waals surface area contributed by atoms with Crippen LogP contribution in [-0.4, -0.2) is 35.5 Å². The maximum atomic E-state index is 11.5. The summed E-state index contributed by atoms with van der Waals surface area (Å²) in [4.78, 5) is 12.6. The molecule has 4 nitrogen and oxygen atoms in total. The Morgan fingerprint density at radius 3 is 2.81 bits per heavy atom. The first-order chi connectivity index (χ1) is 9.91. The molecule has 0 bridgehead atoms. The van der Waals surface area contributed by atoms with Crippen molar-refractivity contribution in [2.45, 2.75) is 49.3 Å². The lowest BCUT2D eigenvalue weighted by atomic mass is 9.96. The van der Waals surface area contributed by atoms with Gasteiger partial charge in [0.05, 0.1) is 7.11 Å². The molecule has 0 amide bonds. The number of hydrogen-bond donors (Lipinski definition) is 2. The zero-order chi connectivity index (χ0) is 15.9. The molecular formula is C16H25NO3S. The number of hydrogen-bond acceptors (Lipinski definition) is 4. The predicted octanol–water partition coefficient (Wildman–Crippen LogP) is 3.41. The lowest BCUT2D eigenvalue weighted by molar-refractivity contribution is -0.144. The van der Waals surface area contributed by atoms with E-state index in [9.17, 15) is 9.90 Å². The van der Waals surface area contributed by atoms with Crippen LogP contribution in [0.25, 0.3) is 0 Å². The zero-order valence-electron chi connectivity index (χ0n) is 13.2. The third-order valence-electron chi connectivity index (χ3n) is 3.31. The van der Waals surface area contributed by atoms with Crippen molar-refractivity contribution in [2.75, 3.05) is 13.7 Å². The molecule has 2 atom stereocenters. The van der Waals surface area contributed by atoms with E-state index in [1.807, 2.05) is 31.2 Å². The number of benzene rings is 1. The Balaban J connectivity index is 2.68. The normalized spacial score (nSPS) is 15.2. The van der Waals surface area contributed by atoms with Crippen LogP contribution in [0.1, 0.15) is 33.6 Å². The van der Waals surface area contributed by atoms with Crippen molar-refractivity contribution >= 4 is 17.7 Å². The Morgan fingerprint density at radius 1 is 1.52 bits per heavy atom. The SMILES string of the molecule is CCCNC(C)(CC(C)Sc1cccc(OC)c1)C(=O)O. The topological polar surface area (TPSA) is 58.6 Å². The molecule has 0 fully saturated rings. The van der Waals surface area contributed by atoms with Gasteiger partial charge in [0.1, 0.15) is 11.3 Å². The van der Waals surface area contributed by atoms with Crippen molar-refractivity contribution in [3.05, 3.63) is 24.3 Å². The van der Waals surface area contributed by atoms with E-state index in [0.29, 0.717) is 13.0 Å². The van der Waals surface area contributed by atoms with E-state index in [1.54, 1.807) is 25.8 Å². The molecule has 1 aromatic carbocycles. The molecule has 0 saturated heterocycles.